The first kappa shape index (κ1) is 41.0. The second kappa shape index (κ2) is 15.5. The molecule has 4 saturated carbocycles. The average molecular weight is 758 g/mol. The van der Waals surface area contributed by atoms with Crippen molar-refractivity contribution < 1.29 is 32.4 Å². The highest BCUT2D eigenvalue weighted by Gasteiger charge is 2.70. The van der Waals surface area contributed by atoms with Crippen LogP contribution in [0.5, 0.6) is 0 Å². The fourth-order valence-electron chi connectivity index (χ4n) is 9.40. The first-order chi connectivity index (χ1) is 24.8. The lowest BCUT2D eigenvalue weighted by Gasteiger charge is -2.44. The van der Waals surface area contributed by atoms with Crippen molar-refractivity contribution >= 4 is 39.4 Å². The lowest BCUT2D eigenvalue weighted by molar-refractivity contribution is -0.146. The zero-order valence-corrected chi connectivity index (χ0v) is 33.6. The third kappa shape index (κ3) is 8.73. The monoisotopic (exact) mass is 757 g/mol. The van der Waals surface area contributed by atoms with Gasteiger partial charge in [-0.25, -0.2) is 13.2 Å². The van der Waals surface area contributed by atoms with Gasteiger partial charge in [0, 0.05) is 19.0 Å². The Kier molecular flexibility index (Phi) is 12.0. The number of hydrogen-bond acceptors (Lipinski definition) is 7. The molecule has 5 rings (SSSR count). The third-order valence-electron chi connectivity index (χ3n) is 13.4. The number of rotatable bonds is 13. The molecule has 53 heavy (non-hydrogen) atoms. The van der Waals surface area contributed by atoms with Crippen molar-refractivity contribution in [2.75, 3.05) is 12.3 Å². The highest BCUT2D eigenvalue weighted by molar-refractivity contribution is 7.92. The van der Waals surface area contributed by atoms with Crippen LogP contribution in [-0.4, -0.2) is 89.6 Å². The van der Waals surface area contributed by atoms with E-state index in [9.17, 15) is 32.4 Å². The first-order valence-corrected chi connectivity index (χ1v) is 21.6. The van der Waals surface area contributed by atoms with Gasteiger partial charge in [-0.15, -0.1) is 12.3 Å². The number of amides is 5. The Bertz CT molecular complexity index is 1580. The van der Waals surface area contributed by atoms with Crippen molar-refractivity contribution in [2.45, 2.75) is 172 Å². The van der Waals surface area contributed by atoms with Crippen LogP contribution in [0.1, 0.15) is 138 Å². The molecule has 0 aromatic heterocycles. The molecule has 5 atom stereocenters. The summed E-state index contributed by atoms with van der Waals surface area (Å²) in [5.41, 5.74) is -1.78. The van der Waals surface area contributed by atoms with Crippen molar-refractivity contribution in [3.05, 3.63) is 0 Å². The van der Waals surface area contributed by atoms with Gasteiger partial charge in [-0.3, -0.25) is 19.2 Å². The number of piperidine rings is 1. The van der Waals surface area contributed by atoms with Crippen LogP contribution in [0, 0.1) is 35.0 Å². The normalized spacial score (nSPS) is 27.1. The summed E-state index contributed by atoms with van der Waals surface area (Å²) in [6, 6.07) is -3.64. The average Bonchev–Trinajstić information content (AvgIpc) is 3.36. The van der Waals surface area contributed by atoms with Gasteiger partial charge < -0.3 is 26.2 Å². The summed E-state index contributed by atoms with van der Waals surface area (Å²) in [5.74, 6) is -0.160. The summed E-state index contributed by atoms with van der Waals surface area (Å²) >= 11 is 0. The van der Waals surface area contributed by atoms with E-state index in [0.29, 0.717) is 32.2 Å². The molecule has 4 N–H and O–H groups in total. The van der Waals surface area contributed by atoms with Crippen molar-refractivity contribution in [1.82, 2.24) is 26.2 Å². The Hall–Kier alpha value is -3.14. The minimum atomic E-state index is -3.58. The van der Waals surface area contributed by atoms with E-state index >= 15 is 0 Å². The van der Waals surface area contributed by atoms with Crippen molar-refractivity contribution in [2.24, 2.45) is 22.7 Å². The summed E-state index contributed by atoms with van der Waals surface area (Å²) in [7, 11) is -3.58. The summed E-state index contributed by atoms with van der Waals surface area (Å²) in [5, 5.41) is 11.7. The lowest BCUT2D eigenvalue weighted by atomic mass is 9.70. The molecular weight excluding hydrogens is 695 g/mol. The molecule has 0 radical (unpaired) electrons. The van der Waals surface area contributed by atoms with E-state index in [1.807, 2.05) is 6.92 Å². The van der Waals surface area contributed by atoms with Gasteiger partial charge in [-0.1, -0.05) is 59.3 Å². The number of terminal acetylenes is 1. The van der Waals surface area contributed by atoms with Crippen LogP contribution in [0.15, 0.2) is 0 Å². The van der Waals surface area contributed by atoms with E-state index in [1.165, 1.54) is 0 Å². The quantitative estimate of drug-likeness (QED) is 0.162. The van der Waals surface area contributed by atoms with Gasteiger partial charge in [0.05, 0.1) is 22.1 Å². The van der Waals surface area contributed by atoms with Gasteiger partial charge in [0.1, 0.15) is 12.1 Å². The number of carbonyl (C=O) groups excluding carboxylic acids is 5. The van der Waals surface area contributed by atoms with E-state index in [-0.39, 0.29) is 47.8 Å². The molecule has 12 nitrogen and oxygen atoms in total. The minimum Gasteiger partial charge on any atom is -0.347 e. The molecular formula is C40H63N5O7S. The molecule has 5 aliphatic rings. The van der Waals surface area contributed by atoms with Crippen LogP contribution in [0.4, 0.5) is 4.79 Å². The number of hydrogen-bond donors (Lipinski definition) is 4. The SMILES string of the molecule is C#CCCC(NC(=O)[C@@H]1C2[C@H](CN1C(=O)[C@@H](NC(=O)NC1(CS(=O)(=O)C(C)(C)C)CCCCC1)C1(C)CCCCC1)C2(C)C)C(=O)C(=O)NC1CCC1. The largest absolute Gasteiger partial charge is 0.347 e. The maximum Gasteiger partial charge on any atom is 0.315 e. The van der Waals surface area contributed by atoms with Crippen LogP contribution < -0.4 is 21.3 Å². The second-order valence-corrected chi connectivity index (χ2v) is 21.4. The molecule has 5 amide bonds. The van der Waals surface area contributed by atoms with Gasteiger partial charge in [0.2, 0.25) is 17.6 Å². The van der Waals surface area contributed by atoms with E-state index in [1.54, 1.807) is 25.7 Å². The third-order valence-corrected chi connectivity index (χ3v) is 16.2. The Morgan fingerprint density at radius 2 is 1.49 bits per heavy atom. The number of likely N-dealkylation sites (tertiary alicyclic amines) is 1. The lowest BCUT2D eigenvalue weighted by Crippen LogP contribution is -2.65. The molecule has 1 heterocycles. The molecule has 1 saturated heterocycles. The molecule has 0 aromatic rings. The van der Waals surface area contributed by atoms with E-state index in [4.69, 9.17) is 6.42 Å². The number of nitrogens with zero attached hydrogens (tertiary/aromatic N) is 1. The Balaban J connectivity index is 1.39. The van der Waals surface area contributed by atoms with Gasteiger partial charge in [-0.2, -0.15) is 0 Å². The van der Waals surface area contributed by atoms with Crippen LogP contribution in [0.3, 0.4) is 0 Å². The highest BCUT2D eigenvalue weighted by Crippen LogP contribution is 2.65. The Labute approximate surface area is 316 Å². The molecule has 0 aromatic carbocycles. The molecule has 0 spiro atoms. The van der Waals surface area contributed by atoms with Crippen LogP contribution in [-0.2, 0) is 29.0 Å². The summed E-state index contributed by atoms with van der Waals surface area (Å²) in [6.07, 6.45) is 16.2. The van der Waals surface area contributed by atoms with Crippen LogP contribution in [0.25, 0.3) is 0 Å². The van der Waals surface area contributed by atoms with Crippen molar-refractivity contribution in [3.63, 3.8) is 0 Å². The molecule has 13 heteroatoms. The Morgan fingerprint density at radius 3 is 2.04 bits per heavy atom. The second-order valence-electron chi connectivity index (χ2n) is 18.6. The smallest absolute Gasteiger partial charge is 0.315 e. The molecule has 5 fully saturated rings. The number of ketones is 1. The summed E-state index contributed by atoms with van der Waals surface area (Å²) in [6.45, 7) is 11.5. The van der Waals surface area contributed by atoms with E-state index < -0.39 is 67.3 Å². The number of nitrogens with one attached hydrogen (secondary N) is 4. The number of fused-ring (bicyclic) bond motifs is 1. The van der Waals surface area contributed by atoms with E-state index in [0.717, 1.165) is 57.8 Å². The summed E-state index contributed by atoms with van der Waals surface area (Å²) < 4.78 is 25.9. The highest BCUT2D eigenvalue weighted by atomic mass is 32.2. The zero-order valence-electron chi connectivity index (χ0n) is 32.8. The molecule has 296 valence electrons. The predicted octanol–water partition coefficient (Wildman–Crippen LogP) is 4.16. The minimum absolute atomic E-state index is 0.0470. The number of carbonyl (C=O) groups is 5. The van der Waals surface area contributed by atoms with Gasteiger partial charge >= 0.3 is 6.03 Å². The zero-order chi connectivity index (χ0) is 39.0. The fourth-order valence-corrected chi connectivity index (χ4v) is 10.9. The van der Waals surface area contributed by atoms with E-state index in [2.05, 4.69) is 41.0 Å². The molecule has 1 aliphatic heterocycles. The van der Waals surface area contributed by atoms with Crippen molar-refractivity contribution in [3.8, 4) is 12.3 Å². The number of urea groups is 1. The Morgan fingerprint density at radius 1 is 0.887 bits per heavy atom. The van der Waals surface area contributed by atoms with Crippen molar-refractivity contribution in [1.29, 1.82) is 0 Å². The predicted molar refractivity (Wildman–Crippen MR) is 203 cm³/mol. The van der Waals surface area contributed by atoms with Crippen LogP contribution in [0.2, 0.25) is 0 Å². The first-order valence-electron chi connectivity index (χ1n) is 20.0. The maximum absolute atomic E-state index is 14.9. The molecule has 2 unspecified atom stereocenters. The van der Waals surface area contributed by atoms with Gasteiger partial charge in [0.15, 0.2) is 9.84 Å². The molecule has 0 bridgehead atoms. The van der Waals surface area contributed by atoms with Gasteiger partial charge in [-0.05, 0) is 94.8 Å². The van der Waals surface area contributed by atoms with Crippen LogP contribution >= 0.6 is 0 Å². The maximum atomic E-state index is 14.9. The number of sulfone groups is 1. The van der Waals surface area contributed by atoms with Gasteiger partial charge in [0.25, 0.3) is 5.91 Å². The standard InChI is InChI=1S/C40H63N5O7S/c1-8-9-19-28(31(46)34(48)41-26-17-16-18-26)42-33(47)30-29-27(38(29,5)6)24-45(30)35(49)32(39(7)20-12-10-13-21-39)43-36(50)44-40(22-14-11-15-23-40)25-53(51,52)37(2,3)4/h1,26-30,32H,9-25H2,2-7H3,(H,41,48)(H,42,47)(H2,43,44,50)/t27-,28?,29?,30-,32+/m0/s1. The number of Topliss-reactive ketones (excluding diaryl/α,β-unsaturated/α-hetero) is 1. The fraction of sp³-hybridized carbons (Fsp3) is 0.825. The molecule has 4 aliphatic carbocycles. The summed E-state index contributed by atoms with van der Waals surface area (Å²) in [4.78, 5) is 71.1. The topological polar surface area (TPSA) is 171 Å².